The van der Waals surface area contributed by atoms with Gasteiger partial charge in [0, 0.05) is 35.2 Å². The van der Waals surface area contributed by atoms with E-state index in [0.29, 0.717) is 18.4 Å². The lowest BCUT2D eigenvalue weighted by Gasteiger charge is -2.66. The van der Waals surface area contributed by atoms with Crippen molar-refractivity contribution in [2.24, 2.45) is 38.9 Å². The predicted octanol–water partition coefficient (Wildman–Crippen LogP) is 3.83. The summed E-state index contributed by atoms with van der Waals surface area (Å²) in [4.78, 5) is 53.7. The van der Waals surface area contributed by atoms with E-state index in [9.17, 15) is 24.3 Å². The van der Waals surface area contributed by atoms with Crippen LogP contribution in [0.2, 0.25) is 0 Å². The van der Waals surface area contributed by atoms with E-state index in [1.54, 1.807) is 13.8 Å². The molecule has 1 N–H and O–H groups in total. The van der Waals surface area contributed by atoms with Gasteiger partial charge in [0.05, 0.1) is 17.9 Å². The van der Waals surface area contributed by atoms with Gasteiger partial charge in [0.15, 0.2) is 11.2 Å². The molecule has 0 aromatic rings. The van der Waals surface area contributed by atoms with Crippen molar-refractivity contribution in [1.82, 2.24) is 0 Å². The van der Waals surface area contributed by atoms with Crippen LogP contribution in [0, 0.1) is 38.9 Å². The fraction of sp³-hybridized carbons (Fsp3) is 0.714. The first-order valence-corrected chi connectivity index (χ1v) is 12.7. The number of carbonyl (C=O) groups excluding carboxylic acids is 4. The summed E-state index contributed by atoms with van der Waals surface area (Å²) >= 11 is 0. The average molecular weight is 504 g/mol. The van der Waals surface area contributed by atoms with Gasteiger partial charge in [0.2, 0.25) is 0 Å². The van der Waals surface area contributed by atoms with Crippen LogP contribution in [-0.2, 0) is 33.4 Å². The van der Waals surface area contributed by atoms with Gasteiger partial charge in [-0.15, -0.1) is 0 Å². The Labute approximate surface area is 211 Å². The highest BCUT2D eigenvalue weighted by molar-refractivity contribution is 6.17. The number of allylic oxidation sites excluding steroid dienone is 3. The van der Waals surface area contributed by atoms with E-state index in [1.807, 2.05) is 33.8 Å². The minimum Gasteiger partial charge on any atom is -0.511 e. The molecule has 0 aromatic carbocycles. The Hall–Kier alpha value is -2.64. The van der Waals surface area contributed by atoms with Gasteiger partial charge in [-0.2, -0.15) is 0 Å². The third kappa shape index (κ3) is 2.29. The molecule has 1 aliphatic heterocycles. The SMILES string of the molecule is CC(=O)O[C@@H]1CC[C@]23C(=O)O[C@@H](C[C@]4(C)[C@@H]2C=C([13CH3])[C@]2(C)C(O)=C([13CH3])C(=O)[C@@]24C(=O)O[13CH3])C3C1(C)C. The molecule has 2 bridgehead atoms. The van der Waals surface area contributed by atoms with Crippen LogP contribution >= 0.6 is 0 Å². The maximum Gasteiger partial charge on any atom is 0.321 e. The maximum absolute atomic E-state index is 14.1. The second-order valence-corrected chi connectivity index (χ2v) is 12.5. The molecule has 2 saturated carbocycles. The Balaban J connectivity index is 1.79. The van der Waals surface area contributed by atoms with Crippen LogP contribution in [0.3, 0.4) is 0 Å². The van der Waals surface area contributed by atoms with Crippen molar-refractivity contribution >= 4 is 23.7 Å². The number of esters is 3. The van der Waals surface area contributed by atoms with E-state index < -0.39 is 50.8 Å². The first-order chi connectivity index (χ1) is 16.6. The van der Waals surface area contributed by atoms with E-state index in [2.05, 4.69) is 0 Å². The number of ether oxygens (including phenoxy) is 3. The van der Waals surface area contributed by atoms with Gasteiger partial charge in [-0.3, -0.25) is 19.2 Å². The molecule has 8 nitrogen and oxygen atoms in total. The smallest absolute Gasteiger partial charge is 0.321 e. The Morgan fingerprint density at radius 2 is 1.78 bits per heavy atom. The van der Waals surface area contributed by atoms with Gasteiger partial charge in [-0.05, 0) is 40.0 Å². The third-order valence-electron chi connectivity index (χ3n) is 11.0. The number of aliphatic hydroxyl groups is 1. The number of methoxy groups -OCH3 is 1. The second-order valence-electron chi connectivity index (χ2n) is 12.5. The van der Waals surface area contributed by atoms with Crippen LogP contribution in [0.15, 0.2) is 23.0 Å². The highest BCUT2D eigenvalue weighted by Crippen LogP contribution is 2.79. The van der Waals surface area contributed by atoms with Gasteiger partial charge in [-0.1, -0.05) is 32.4 Å². The Kier molecular flexibility index (Phi) is 4.88. The molecule has 0 radical (unpaired) electrons. The first kappa shape index (κ1) is 25.0. The molecular formula is C28H36O8. The Morgan fingerprint density at radius 3 is 2.36 bits per heavy atom. The third-order valence-corrected chi connectivity index (χ3v) is 11.0. The van der Waals surface area contributed by atoms with Crippen molar-refractivity contribution in [3.05, 3.63) is 23.0 Å². The summed E-state index contributed by atoms with van der Waals surface area (Å²) in [6, 6.07) is 0. The van der Waals surface area contributed by atoms with Crippen molar-refractivity contribution in [2.75, 3.05) is 7.11 Å². The van der Waals surface area contributed by atoms with Gasteiger partial charge in [0.25, 0.3) is 0 Å². The van der Waals surface area contributed by atoms with Crippen LogP contribution in [0.25, 0.3) is 0 Å². The topological polar surface area (TPSA) is 116 Å². The number of hydrogen-bond acceptors (Lipinski definition) is 8. The van der Waals surface area contributed by atoms with E-state index in [4.69, 9.17) is 14.2 Å². The second kappa shape index (κ2) is 7.01. The molecule has 5 rings (SSSR count). The molecule has 3 fully saturated rings. The van der Waals surface area contributed by atoms with Gasteiger partial charge in [-0.25, -0.2) is 0 Å². The summed E-state index contributed by atoms with van der Waals surface area (Å²) < 4.78 is 17.1. The van der Waals surface area contributed by atoms with E-state index in [0.717, 1.165) is 0 Å². The number of aliphatic hydroxyl groups excluding tert-OH is 1. The monoisotopic (exact) mass is 503 g/mol. The zero-order valence-electron chi connectivity index (χ0n) is 22.3. The molecule has 8 atom stereocenters. The number of hydrogen-bond donors (Lipinski definition) is 1. The highest BCUT2D eigenvalue weighted by Gasteiger charge is 2.84. The van der Waals surface area contributed by atoms with Crippen molar-refractivity contribution < 1.29 is 38.5 Å². The molecule has 1 saturated heterocycles. The maximum atomic E-state index is 14.1. The molecule has 0 amide bonds. The average Bonchev–Trinajstić information content (AvgIpc) is 3.12. The van der Waals surface area contributed by atoms with Gasteiger partial charge in [0.1, 0.15) is 18.0 Å². The predicted molar refractivity (Wildman–Crippen MR) is 127 cm³/mol. The molecule has 1 heterocycles. The summed E-state index contributed by atoms with van der Waals surface area (Å²) in [7, 11) is 1.26. The molecule has 196 valence electrons. The van der Waals surface area contributed by atoms with E-state index in [1.165, 1.54) is 14.0 Å². The lowest BCUT2D eigenvalue weighted by molar-refractivity contribution is -0.216. The largest absolute Gasteiger partial charge is 0.511 e. The lowest BCUT2D eigenvalue weighted by atomic mass is 9.34. The number of fused-ring (bicyclic) bond motifs is 3. The van der Waals surface area contributed by atoms with E-state index in [-0.39, 0.29) is 41.7 Å². The van der Waals surface area contributed by atoms with Crippen LogP contribution in [-0.4, -0.2) is 48.1 Å². The number of Topliss-reactive ketones (excluding diaryl/α,β-unsaturated/α-hetero) is 1. The standard InChI is InChI=1S/C28H36O8/c1-13-11-17-25(6,28(23(33)34-8)21(31)14(2)20(30)26(13,28)7)12-16-19-24(4,5)18(35-15(3)29)9-10-27(17,19)22(32)36-16/h11,16-19,30H,9-10,12H2,1-8H3/t16-,17-,18+,19?,25+,26+,27-,28-/m0/s1/i1+1,2+1,8+1. The molecule has 0 aromatic heterocycles. The number of ketones is 1. The zero-order chi connectivity index (χ0) is 26.8. The summed E-state index contributed by atoms with van der Waals surface area (Å²) in [5.41, 5.74) is -4.90. The minimum atomic E-state index is -1.74. The van der Waals surface area contributed by atoms with Crippen molar-refractivity contribution in [3.63, 3.8) is 0 Å². The summed E-state index contributed by atoms with van der Waals surface area (Å²) in [5.74, 6) is -2.77. The molecule has 4 aliphatic carbocycles. The minimum absolute atomic E-state index is 0.121. The lowest BCUT2D eigenvalue weighted by Crippen LogP contribution is -2.71. The van der Waals surface area contributed by atoms with Crippen molar-refractivity contribution in [2.45, 2.75) is 79.9 Å². The molecule has 0 spiro atoms. The van der Waals surface area contributed by atoms with Gasteiger partial charge < -0.3 is 19.3 Å². The summed E-state index contributed by atoms with van der Waals surface area (Å²) in [6.07, 6.45) is 2.14. The Bertz CT molecular complexity index is 1180. The normalized spacial score (nSPS) is 46.3. The Morgan fingerprint density at radius 1 is 1.14 bits per heavy atom. The summed E-state index contributed by atoms with van der Waals surface area (Å²) in [5, 5.41) is 11.3. The van der Waals surface area contributed by atoms with Crippen molar-refractivity contribution in [3.8, 4) is 0 Å². The molecule has 36 heavy (non-hydrogen) atoms. The fourth-order valence-corrected chi connectivity index (χ4v) is 9.58. The zero-order valence-corrected chi connectivity index (χ0v) is 22.3. The number of rotatable bonds is 2. The summed E-state index contributed by atoms with van der Waals surface area (Å²) in [6.45, 7) is 12.4. The van der Waals surface area contributed by atoms with Crippen LogP contribution in [0.1, 0.15) is 67.7 Å². The quantitative estimate of drug-likeness (QED) is 0.199. The van der Waals surface area contributed by atoms with Crippen molar-refractivity contribution in [1.29, 1.82) is 0 Å². The molecule has 1 unspecified atom stereocenters. The molecule has 8 heteroatoms. The highest BCUT2D eigenvalue weighted by atomic mass is 16.6. The van der Waals surface area contributed by atoms with Crippen LogP contribution in [0.4, 0.5) is 0 Å². The van der Waals surface area contributed by atoms with Crippen LogP contribution in [0.5, 0.6) is 0 Å². The molecule has 5 aliphatic rings. The first-order valence-electron chi connectivity index (χ1n) is 12.7. The van der Waals surface area contributed by atoms with Gasteiger partial charge >= 0.3 is 17.9 Å². The van der Waals surface area contributed by atoms with Crippen LogP contribution < -0.4 is 0 Å². The fourth-order valence-electron chi connectivity index (χ4n) is 9.58. The molecular weight excluding hydrogens is 467 g/mol. The van der Waals surface area contributed by atoms with E-state index >= 15 is 0 Å². The number of carbonyl (C=O) groups is 4.